The van der Waals surface area contributed by atoms with E-state index in [0.29, 0.717) is 11.8 Å². The summed E-state index contributed by atoms with van der Waals surface area (Å²) < 4.78 is 16.8. The fraction of sp³-hybridized carbons (Fsp3) is 0.129. The summed E-state index contributed by atoms with van der Waals surface area (Å²) in [7, 11) is 0. The van der Waals surface area contributed by atoms with Crippen LogP contribution < -0.4 is 35.8 Å². The van der Waals surface area contributed by atoms with E-state index in [1.165, 1.54) is 55.5 Å². The molecular weight excluding hydrogens is 814 g/mol. The summed E-state index contributed by atoms with van der Waals surface area (Å²) in [5, 5.41) is 0. The number of hydrogen-bond acceptors (Lipinski definition) is 4. The van der Waals surface area contributed by atoms with Crippen molar-refractivity contribution in [2.24, 2.45) is 0 Å². The second-order valence-electron chi connectivity index (χ2n) is 19.3. The van der Waals surface area contributed by atoms with Gasteiger partial charge in [-0.05, 0) is 158 Å². The van der Waals surface area contributed by atoms with Crippen LogP contribution in [0.1, 0.15) is 54.2 Å². The van der Waals surface area contributed by atoms with Gasteiger partial charge in [0.25, 0.3) is 6.71 Å². The van der Waals surface area contributed by atoms with Gasteiger partial charge in [-0.2, -0.15) is 0 Å². The third-order valence-corrected chi connectivity index (χ3v) is 14.3. The lowest BCUT2D eigenvalue weighted by atomic mass is 9.33. The number of anilines is 9. The number of fused-ring (bicyclic) bond motifs is 8. The standard InChI is InChI=1S/C62H52BN3O/c1-39-15-25-44(26-16-39)64(45-27-17-40(2)18-28-45)49-35-36-52-54(37-49)66(48-33-23-43(5)24-34-48)53-13-10-14-56-60(53)63(52)61-57(67-56)38-55(59-58(61)50-11-8-9-12-51(50)62(59,6)7)65(46-29-19-41(3)20-30-46)47-31-21-42(4)22-32-47/h8-38H,1-7H3/i10D. The van der Waals surface area contributed by atoms with Crippen LogP contribution in [0.15, 0.2) is 188 Å². The van der Waals surface area contributed by atoms with Gasteiger partial charge in [-0.3, -0.25) is 0 Å². The molecule has 9 aromatic rings. The van der Waals surface area contributed by atoms with E-state index in [1.807, 2.05) is 12.1 Å². The van der Waals surface area contributed by atoms with Gasteiger partial charge in [0.1, 0.15) is 11.5 Å². The first-order valence-electron chi connectivity index (χ1n) is 23.9. The Labute approximate surface area is 396 Å². The molecule has 12 rings (SSSR count). The fourth-order valence-corrected chi connectivity index (χ4v) is 11.0. The van der Waals surface area contributed by atoms with Gasteiger partial charge >= 0.3 is 0 Å². The van der Waals surface area contributed by atoms with Crippen molar-refractivity contribution in [1.29, 1.82) is 0 Å². The van der Waals surface area contributed by atoms with Crippen LogP contribution in [0.25, 0.3) is 11.1 Å². The molecule has 3 aliphatic rings. The monoisotopic (exact) mass is 866 g/mol. The smallest absolute Gasteiger partial charge is 0.257 e. The predicted octanol–water partition coefficient (Wildman–Crippen LogP) is 14.9. The van der Waals surface area contributed by atoms with Gasteiger partial charge in [0, 0.05) is 57.0 Å². The van der Waals surface area contributed by atoms with Crippen LogP contribution in [0.4, 0.5) is 51.2 Å². The Morgan fingerprint density at radius 2 is 1.00 bits per heavy atom. The summed E-state index contributed by atoms with van der Waals surface area (Å²) in [4.78, 5) is 7.15. The first-order valence-corrected chi connectivity index (χ1v) is 23.4. The topological polar surface area (TPSA) is 19.0 Å². The predicted molar refractivity (Wildman–Crippen MR) is 283 cm³/mol. The van der Waals surface area contributed by atoms with Crippen molar-refractivity contribution in [1.82, 2.24) is 0 Å². The minimum absolute atomic E-state index is 0.209. The van der Waals surface area contributed by atoms with Crippen LogP contribution in [0.3, 0.4) is 0 Å². The van der Waals surface area contributed by atoms with Crippen molar-refractivity contribution >= 4 is 74.3 Å². The third-order valence-electron chi connectivity index (χ3n) is 14.3. The van der Waals surface area contributed by atoms with Crippen molar-refractivity contribution in [3.63, 3.8) is 0 Å². The normalized spacial score (nSPS) is 13.7. The molecule has 0 unspecified atom stereocenters. The molecule has 9 aromatic carbocycles. The van der Waals surface area contributed by atoms with E-state index in [4.69, 9.17) is 4.74 Å². The molecule has 0 aromatic heterocycles. The van der Waals surface area contributed by atoms with Crippen LogP contribution in [0.2, 0.25) is 0 Å². The number of nitrogens with zero attached hydrogens (tertiary/aromatic N) is 3. The zero-order valence-electron chi connectivity index (χ0n) is 40.1. The Balaban J connectivity index is 1.17. The van der Waals surface area contributed by atoms with Gasteiger partial charge in [0.15, 0.2) is 0 Å². The van der Waals surface area contributed by atoms with E-state index in [-0.39, 0.29) is 12.1 Å². The van der Waals surface area contributed by atoms with Gasteiger partial charge in [-0.1, -0.05) is 139 Å². The molecule has 0 N–H and O–H groups in total. The van der Waals surface area contributed by atoms with Crippen LogP contribution in [0.5, 0.6) is 11.5 Å². The summed E-state index contributed by atoms with van der Waals surface area (Å²) in [5.41, 5.74) is 23.6. The Morgan fingerprint density at radius 3 is 1.57 bits per heavy atom. The zero-order valence-corrected chi connectivity index (χ0v) is 39.1. The fourth-order valence-electron chi connectivity index (χ4n) is 11.0. The van der Waals surface area contributed by atoms with Crippen molar-refractivity contribution in [2.75, 3.05) is 14.7 Å². The molecule has 0 atom stereocenters. The van der Waals surface area contributed by atoms with Gasteiger partial charge < -0.3 is 19.4 Å². The quantitative estimate of drug-likeness (QED) is 0.149. The molecule has 1 aliphatic carbocycles. The van der Waals surface area contributed by atoms with Gasteiger partial charge in [-0.15, -0.1) is 0 Å². The second kappa shape index (κ2) is 15.4. The maximum absolute atomic E-state index is 9.41. The van der Waals surface area contributed by atoms with Crippen LogP contribution in [0, 0.1) is 34.6 Å². The molecule has 0 amide bonds. The third kappa shape index (κ3) is 6.51. The highest BCUT2D eigenvalue weighted by Gasteiger charge is 2.49. The van der Waals surface area contributed by atoms with E-state index >= 15 is 0 Å². The maximum Gasteiger partial charge on any atom is 0.257 e. The van der Waals surface area contributed by atoms with Gasteiger partial charge in [0.2, 0.25) is 0 Å². The van der Waals surface area contributed by atoms with Crippen molar-refractivity contribution in [3.8, 4) is 22.6 Å². The van der Waals surface area contributed by atoms with Crippen LogP contribution in [-0.2, 0) is 5.41 Å². The Hall–Kier alpha value is -7.76. The molecule has 2 heterocycles. The summed E-state index contributed by atoms with van der Waals surface area (Å²) >= 11 is 0. The second-order valence-corrected chi connectivity index (χ2v) is 19.3. The summed E-state index contributed by atoms with van der Waals surface area (Å²) in [6.45, 7) is 15.3. The number of hydrogen-bond donors (Lipinski definition) is 0. The first-order chi connectivity index (χ1) is 32.9. The summed E-state index contributed by atoms with van der Waals surface area (Å²) in [6, 6.07) is 66.8. The number of rotatable bonds is 7. The highest BCUT2D eigenvalue weighted by molar-refractivity contribution is 7.00. The van der Waals surface area contributed by atoms with Gasteiger partial charge in [0.05, 0.1) is 7.06 Å². The first kappa shape index (κ1) is 39.6. The highest BCUT2D eigenvalue weighted by atomic mass is 16.5. The summed E-state index contributed by atoms with van der Waals surface area (Å²) in [5.74, 6) is 1.52. The molecule has 0 saturated heterocycles. The van der Waals surface area contributed by atoms with Gasteiger partial charge in [-0.25, -0.2) is 0 Å². The number of benzene rings is 9. The molecule has 0 bridgehead atoms. The molecule has 4 nitrogen and oxygen atoms in total. The number of ether oxygens (including phenoxy) is 1. The number of aryl methyl sites for hydroxylation is 5. The van der Waals surface area contributed by atoms with E-state index in [9.17, 15) is 1.37 Å². The SMILES string of the molecule is [2H]c1cc2c3c(c1)N(c1ccc(C)cc1)c1cc(N(c4ccc(C)cc4)c4ccc(C)cc4)ccc1B3c1c(cc(N(c3ccc(C)cc3)c3ccc(C)cc3)c3c1-c1ccccc1C3(C)C)O2. The van der Waals surface area contributed by atoms with Crippen LogP contribution in [-0.4, -0.2) is 6.71 Å². The molecule has 324 valence electrons. The molecule has 67 heavy (non-hydrogen) atoms. The molecule has 0 saturated carbocycles. The Kier molecular flexibility index (Phi) is 9.11. The zero-order chi connectivity index (χ0) is 46.6. The average molecular weight is 867 g/mol. The average Bonchev–Trinajstić information content (AvgIpc) is 3.58. The lowest BCUT2D eigenvalue weighted by Crippen LogP contribution is -2.60. The van der Waals surface area contributed by atoms with Crippen molar-refractivity contribution in [2.45, 2.75) is 53.9 Å². The Morgan fingerprint density at radius 1 is 0.493 bits per heavy atom. The van der Waals surface area contributed by atoms with Crippen molar-refractivity contribution < 1.29 is 6.11 Å². The lowest BCUT2D eigenvalue weighted by molar-refractivity contribution is 0.487. The van der Waals surface area contributed by atoms with Crippen molar-refractivity contribution in [3.05, 3.63) is 227 Å². The minimum Gasteiger partial charge on any atom is -0.458 e. The highest BCUT2D eigenvalue weighted by Crippen LogP contribution is 2.56. The van der Waals surface area contributed by atoms with E-state index in [0.717, 1.165) is 67.9 Å². The molecule has 0 radical (unpaired) electrons. The molecule has 5 heteroatoms. The lowest BCUT2D eigenvalue weighted by Gasteiger charge is -2.42. The minimum atomic E-state index is -0.365. The van der Waals surface area contributed by atoms with E-state index in [1.54, 1.807) is 0 Å². The molecule has 0 fully saturated rings. The molecule has 0 spiro atoms. The molecular formula is C62H52BN3O. The van der Waals surface area contributed by atoms with E-state index in [2.05, 4.69) is 233 Å². The Bertz CT molecular complexity index is 3360. The summed E-state index contributed by atoms with van der Waals surface area (Å²) in [6.07, 6.45) is 0. The largest absolute Gasteiger partial charge is 0.458 e. The van der Waals surface area contributed by atoms with E-state index < -0.39 is 0 Å². The maximum atomic E-state index is 9.41. The van der Waals surface area contributed by atoms with Crippen LogP contribution >= 0.6 is 0 Å². The molecule has 2 aliphatic heterocycles.